The molecule has 2 unspecified atom stereocenters. The van der Waals surface area contributed by atoms with Gasteiger partial charge in [-0.3, -0.25) is 0 Å². The molecule has 0 N–H and O–H groups in total. The third kappa shape index (κ3) is 3.26. The van der Waals surface area contributed by atoms with Crippen LogP contribution >= 0.6 is 0 Å². The number of carbonyl (C=O) groups excluding carboxylic acids is 1. The maximum atomic E-state index is 13.2. The molecule has 0 heterocycles. The van der Waals surface area contributed by atoms with E-state index in [1.165, 1.54) is 0 Å². The van der Waals surface area contributed by atoms with E-state index in [1.54, 1.807) is 0 Å². The van der Waals surface area contributed by atoms with Gasteiger partial charge in [-0.15, -0.1) is 0 Å². The van der Waals surface area contributed by atoms with Crippen LogP contribution in [0.2, 0.25) is 0 Å². The van der Waals surface area contributed by atoms with E-state index in [-0.39, 0.29) is 0 Å². The fourth-order valence-corrected chi connectivity index (χ4v) is 2.65. The summed E-state index contributed by atoms with van der Waals surface area (Å²) in [6.07, 6.45) is -6.16. The van der Waals surface area contributed by atoms with E-state index in [4.69, 9.17) is 0 Å². The van der Waals surface area contributed by atoms with Crippen LogP contribution in [0.25, 0.3) is 0 Å². The number of carbonyl (C=O) groups is 1. The maximum absolute atomic E-state index is 13.2. The average Bonchev–Trinajstić information content (AvgIpc) is 2.59. The Morgan fingerprint density at radius 2 is 1.70 bits per heavy atom. The molecular formula is C11H12F6O5S. The number of hydrogen-bond donors (Lipinski definition) is 0. The number of halogens is 6. The van der Waals surface area contributed by atoms with Crippen molar-refractivity contribution in [2.45, 2.75) is 32.0 Å². The van der Waals surface area contributed by atoms with Crippen molar-refractivity contribution in [3.63, 3.8) is 0 Å². The molecule has 134 valence electrons. The van der Waals surface area contributed by atoms with E-state index in [1.807, 2.05) is 0 Å². The summed E-state index contributed by atoms with van der Waals surface area (Å²) in [5, 5.41) is 0. The Kier molecular flexibility index (Phi) is 4.74. The fourth-order valence-electron chi connectivity index (χ4n) is 2.14. The number of allylic oxidation sites excluding steroid dienone is 1. The van der Waals surface area contributed by atoms with Crippen molar-refractivity contribution in [2.24, 2.45) is 11.3 Å². The van der Waals surface area contributed by atoms with E-state index >= 15 is 0 Å². The van der Waals surface area contributed by atoms with Crippen molar-refractivity contribution < 1.29 is 48.5 Å². The molecule has 1 rings (SSSR count). The smallest absolute Gasteiger partial charge is 0.466 e. The van der Waals surface area contributed by atoms with Gasteiger partial charge < -0.3 is 8.92 Å². The Bertz CT molecular complexity index is 632. The first-order valence-electron chi connectivity index (χ1n) is 5.97. The second-order valence-corrected chi connectivity index (χ2v) is 6.66. The summed E-state index contributed by atoms with van der Waals surface area (Å²) in [4.78, 5) is 11.6. The lowest BCUT2D eigenvalue weighted by Crippen LogP contribution is -2.39. The lowest BCUT2D eigenvalue weighted by atomic mass is 9.77. The largest absolute Gasteiger partial charge is 0.534 e. The molecular weight excluding hydrogens is 358 g/mol. The molecule has 5 nitrogen and oxygen atoms in total. The summed E-state index contributed by atoms with van der Waals surface area (Å²) in [6, 6.07) is 0. The molecule has 0 amide bonds. The van der Waals surface area contributed by atoms with Gasteiger partial charge in [0, 0.05) is 12.3 Å². The van der Waals surface area contributed by atoms with E-state index in [0.29, 0.717) is 6.92 Å². The van der Waals surface area contributed by atoms with Gasteiger partial charge in [0.1, 0.15) is 5.76 Å². The number of methoxy groups -OCH3 is 1. The minimum atomic E-state index is -6.21. The van der Waals surface area contributed by atoms with E-state index < -0.39 is 56.9 Å². The summed E-state index contributed by atoms with van der Waals surface area (Å²) >= 11 is 0. The van der Waals surface area contributed by atoms with Crippen molar-refractivity contribution >= 4 is 16.1 Å². The molecule has 0 saturated heterocycles. The van der Waals surface area contributed by atoms with Crippen LogP contribution in [0.3, 0.4) is 0 Å². The Labute approximate surface area is 127 Å². The molecule has 1 aliphatic carbocycles. The molecule has 0 aromatic carbocycles. The second kappa shape index (κ2) is 5.56. The first kappa shape index (κ1) is 19.6. The van der Waals surface area contributed by atoms with Gasteiger partial charge in [-0.2, -0.15) is 34.8 Å². The highest BCUT2D eigenvalue weighted by Gasteiger charge is 2.62. The van der Waals surface area contributed by atoms with Crippen molar-refractivity contribution in [3.05, 3.63) is 11.3 Å². The molecule has 0 aliphatic heterocycles. The highest BCUT2D eigenvalue weighted by atomic mass is 32.2. The Hall–Kier alpha value is -1.46. The van der Waals surface area contributed by atoms with Gasteiger partial charge in [0.15, 0.2) is 0 Å². The average molecular weight is 370 g/mol. The number of rotatable bonds is 3. The second-order valence-electron chi connectivity index (χ2n) is 5.13. The van der Waals surface area contributed by atoms with Gasteiger partial charge in [-0.1, -0.05) is 6.92 Å². The van der Waals surface area contributed by atoms with Crippen LogP contribution in [0.4, 0.5) is 26.3 Å². The van der Waals surface area contributed by atoms with Gasteiger partial charge in [0.25, 0.3) is 0 Å². The van der Waals surface area contributed by atoms with Crippen molar-refractivity contribution in [2.75, 3.05) is 7.11 Å². The monoisotopic (exact) mass is 370 g/mol. The molecule has 0 spiro atoms. The third-order valence-corrected chi connectivity index (χ3v) is 4.75. The van der Waals surface area contributed by atoms with Crippen LogP contribution in [0.5, 0.6) is 0 Å². The molecule has 0 aromatic rings. The molecule has 0 saturated carbocycles. The van der Waals surface area contributed by atoms with Crippen LogP contribution in [0.15, 0.2) is 11.3 Å². The fraction of sp³-hybridized carbons (Fsp3) is 0.727. The molecule has 0 aromatic heterocycles. The number of esters is 1. The molecule has 1 aliphatic rings. The first-order valence-corrected chi connectivity index (χ1v) is 7.38. The standard InChI is InChI=1S/C11H12F6O5S/c1-5-7(8(18)21-3)6(4-9(5,2)10(12,13)14)22-23(19,20)11(15,16)17/h5H,4H2,1-3H3. The Morgan fingerprint density at radius 1 is 1.22 bits per heavy atom. The van der Waals surface area contributed by atoms with Crippen LogP contribution in [0, 0.1) is 11.3 Å². The van der Waals surface area contributed by atoms with Crippen molar-refractivity contribution in [3.8, 4) is 0 Å². The summed E-state index contributed by atoms with van der Waals surface area (Å²) < 4.78 is 107. The molecule has 23 heavy (non-hydrogen) atoms. The minimum absolute atomic E-state index is 0.650. The van der Waals surface area contributed by atoms with Crippen LogP contribution in [0.1, 0.15) is 20.3 Å². The lowest BCUT2D eigenvalue weighted by molar-refractivity contribution is -0.227. The van der Waals surface area contributed by atoms with E-state index in [9.17, 15) is 39.6 Å². The van der Waals surface area contributed by atoms with Gasteiger partial charge >= 0.3 is 27.8 Å². The maximum Gasteiger partial charge on any atom is 0.534 e. The zero-order valence-electron chi connectivity index (χ0n) is 12.0. The van der Waals surface area contributed by atoms with Crippen LogP contribution in [-0.2, 0) is 23.8 Å². The Balaban J connectivity index is 3.41. The Morgan fingerprint density at radius 3 is 2.04 bits per heavy atom. The van der Waals surface area contributed by atoms with Crippen LogP contribution in [-0.4, -0.2) is 33.2 Å². The number of ether oxygens (including phenoxy) is 1. The SMILES string of the molecule is COC(=O)C1=C(OS(=O)(=O)C(F)(F)F)CC(C)(C(F)(F)F)C1C. The van der Waals surface area contributed by atoms with E-state index in [0.717, 1.165) is 14.0 Å². The van der Waals surface area contributed by atoms with Gasteiger partial charge in [0.2, 0.25) is 0 Å². The predicted octanol–water partition coefficient (Wildman–Crippen LogP) is 2.89. The first-order chi connectivity index (χ1) is 10.1. The number of alkyl halides is 6. The minimum Gasteiger partial charge on any atom is -0.466 e. The summed E-state index contributed by atoms with van der Waals surface area (Å²) in [5.41, 5.74) is -9.41. The molecule has 0 bridgehead atoms. The normalized spacial score (nSPS) is 26.4. The highest BCUT2D eigenvalue weighted by molar-refractivity contribution is 7.87. The molecule has 2 atom stereocenters. The highest BCUT2D eigenvalue weighted by Crippen LogP contribution is 2.56. The molecule has 12 heteroatoms. The third-order valence-electron chi connectivity index (χ3n) is 3.76. The molecule has 0 fully saturated rings. The summed E-state index contributed by atoms with van der Waals surface area (Å²) in [7, 11) is -5.42. The quantitative estimate of drug-likeness (QED) is 0.331. The predicted molar refractivity (Wildman–Crippen MR) is 63.0 cm³/mol. The topological polar surface area (TPSA) is 69.7 Å². The summed E-state index contributed by atoms with van der Waals surface area (Å²) in [6.45, 7) is 1.58. The lowest BCUT2D eigenvalue weighted by Gasteiger charge is -2.32. The zero-order valence-corrected chi connectivity index (χ0v) is 12.8. The van der Waals surface area contributed by atoms with E-state index in [2.05, 4.69) is 8.92 Å². The van der Waals surface area contributed by atoms with Crippen molar-refractivity contribution in [1.82, 2.24) is 0 Å². The van der Waals surface area contributed by atoms with Crippen LogP contribution < -0.4 is 0 Å². The summed E-state index contributed by atoms with van der Waals surface area (Å²) in [5.74, 6) is -4.27. The van der Waals surface area contributed by atoms with Gasteiger partial charge in [-0.25, -0.2) is 4.79 Å². The molecule has 0 radical (unpaired) electrons. The van der Waals surface area contributed by atoms with Gasteiger partial charge in [-0.05, 0) is 6.92 Å². The zero-order chi connectivity index (χ0) is 18.4. The van der Waals surface area contributed by atoms with Gasteiger partial charge in [0.05, 0.1) is 18.1 Å². The van der Waals surface area contributed by atoms with Crippen molar-refractivity contribution in [1.29, 1.82) is 0 Å². The number of hydrogen-bond acceptors (Lipinski definition) is 5.